The summed E-state index contributed by atoms with van der Waals surface area (Å²) < 4.78 is 0. The van der Waals surface area contributed by atoms with Gasteiger partial charge in [0.05, 0.1) is 23.3 Å². The summed E-state index contributed by atoms with van der Waals surface area (Å²) in [7, 11) is 0. The minimum atomic E-state index is 0. The van der Waals surface area contributed by atoms with Gasteiger partial charge >= 0.3 is 17.1 Å². The molecule has 10 nitrogen and oxygen atoms in total. The summed E-state index contributed by atoms with van der Waals surface area (Å²) in [5.74, 6) is 2.01. The summed E-state index contributed by atoms with van der Waals surface area (Å²) in [6, 6.07) is 19.5. The summed E-state index contributed by atoms with van der Waals surface area (Å²) in [5, 5.41) is 3.32. The Bertz CT molecular complexity index is 2040. The van der Waals surface area contributed by atoms with Crippen molar-refractivity contribution >= 4 is 44.1 Å². The van der Waals surface area contributed by atoms with Crippen LogP contribution in [0.5, 0.6) is 0 Å². The van der Waals surface area contributed by atoms with E-state index in [9.17, 15) is 0 Å². The molecule has 0 saturated carbocycles. The maximum absolute atomic E-state index is 4.93. The topological polar surface area (TPSA) is 131 Å². The van der Waals surface area contributed by atoms with Gasteiger partial charge in [-0.05, 0) is 28.3 Å². The van der Waals surface area contributed by atoms with Crippen molar-refractivity contribution in [3.63, 3.8) is 0 Å². The summed E-state index contributed by atoms with van der Waals surface area (Å²) in [6.45, 7) is 0. The second-order valence-electron chi connectivity index (χ2n) is 9.42. The van der Waals surface area contributed by atoms with Gasteiger partial charge in [0.15, 0.2) is 0 Å². The molecule has 7 heterocycles. The van der Waals surface area contributed by atoms with Crippen molar-refractivity contribution in [2.24, 2.45) is 0 Å². The van der Waals surface area contributed by atoms with Crippen LogP contribution in [0.1, 0.15) is 0 Å². The number of benzene rings is 2. The van der Waals surface area contributed by atoms with Gasteiger partial charge in [0, 0.05) is 75.0 Å². The molecule has 8 bridgehead atoms. The van der Waals surface area contributed by atoms with E-state index in [1.165, 1.54) is 0 Å². The molecule has 2 aliphatic rings. The van der Waals surface area contributed by atoms with E-state index in [1.54, 1.807) is 24.8 Å². The Morgan fingerprint density at radius 1 is 0.390 bits per heavy atom. The van der Waals surface area contributed by atoms with Crippen molar-refractivity contribution in [1.29, 1.82) is 0 Å². The second kappa shape index (κ2) is 8.82. The van der Waals surface area contributed by atoms with E-state index in [4.69, 9.17) is 39.9 Å². The van der Waals surface area contributed by atoms with Crippen LogP contribution in [-0.2, 0) is 17.1 Å². The first-order valence-corrected chi connectivity index (χ1v) is 12.6. The van der Waals surface area contributed by atoms with Crippen molar-refractivity contribution in [3.8, 4) is 45.6 Å². The van der Waals surface area contributed by atoms with Crippen LogP contribution >= 0.6 is 0 Å². The van der Waals surface area contributed by atoms with Crippen molar-refractivity contribution in [3.05, 3.63) is 85.5 Å². The number of rotatable bonds is 0. The Kier molecular flexibility index (Phi) is 5.05. The first kappa shape index (κ1) is 23.5. The third kappa shape index (κ3) is 3.50. The molecule has 0 spiro atoms. The van der Waals surface area contributed by atoms with Gasteiger partial charge in [-0.2, -0.15) is 0 Å². The molecule has 2 aliphatic heterocycles. The van der Waals surface area contributed by atoms with Gasteiger partial charge in [0.1, 0.15) is 0 Å². The molecular formula is C30H14CuN10. The fourth-order valence-corrected chi connectivity index (χ4v) is 5.25. The molecule has 9 rings (SSSR count). The Morgan fingerprint density at radius 2 is 0.829 bits per heavy atom. The first-order chi connectivity index (χ1) is 19.8. The van der Waals surface area contributed by atoms with Crippen LogP contribution in [0.3, 0.4) is 0 Å². The zero-order valence-electron chi connectivity index (χ0n) is 20.9. The normalized spacial score (nSPS) is 11.7. The van der Waals surface area contributed by atoms with E-state index < -0.39 is 0 Å². The van der Waals surface area contributed by atoms with Crippen molar-refractivity contribution in [2.45, 2.75) is 0 Å². The molecule has 0 N–H and O–H groups in total. The van der Waals surface area contributed by atoms with Crippen LogP contribution in [0.15, 0.2) is 85.5 Å². The molecule has 0 unspecified atom stereocenters. The van der Waals surface area contributed by atoms with Crippen LogP contribution in [0, 0.1) is 0 Å². The number of fused-ring (bicyclic) bond motifs is 20. The SMILES string of the molecule is [Cu+2].c1ccc2c(c1)-c1nc-2nc2[n-]c(nc3nc(nc4[n-]c(n1)c1ccccc41)-c1cnccc1-3)c1cnccc21. The molecule has 0 atom stereocenters. The Labute approximate surface area is 241 Å². The van der Waals surface area contributed by atoms with Crippen LogP contribution in [0.25, 0.3) is 89.7 Å². The molecule has 5 aromatic heterocycles. The van der Waals surface area contributed by atoms with Crippen molar-refractivity contribution < 1.29 is 17.1 Å². The molecule has 1 radical (unpaired) electrons. The molecule has 2 aromatic carbocycles. The molecule has 7 aromatic rings. The molecule has 0 aliphatic carbocycles. The largest absolute Gasteiger partial charge is 2.00 e. The van der Waals surface area contributed by atoms with Gasteiger partial charge in [0.2, 0.25) is 0 Å². The minimum Gasteiger partial charge on any atom is -0.357 e. The van der Waals surface area contributed by atoms with Crippen molar-refractivity contribution in [1.82, 2.24) is 49.8 Å². The maximum Gasteiger partial charge on any atom is 2.00 e. The van der Waals surface area contributed by atoms with E-state index in [2.05, 4.69) is 9.97 Å². The number of hydrogen-bond acceptors (Lipinski definition) is 8. The van der Waals surface area contributed by atoms with E-state index in [-0.39, 0.29) is 17.1 Å². The number of pyridine rings is 2. The predicted octanol–water partition coefficient (Wildman–Crippen LogP) is 4.91. The fourth-order valence-electron chi connectivity index (χ4n) is 5.25. The first-order valence-electron chi connectivity index (χ1n) is 12.6. The number of hydrogen-bond donors (Lipinski definition) is 0. The van der Waals surface area contributed by atoms with Crippen molar-refractivity contribution in [2.75, 3.05) is 0 Å². The molecule has 41 heavy (non-hydrogen) atoms. The van der Waals surface area contributed by atoms with Gasteiger partial charge in [-0.1, -0.05) is 48.5 Å². The van der Waals surface area contributed by atoms with Crippen LogP contribution in [-0.4, -0.2) is 39.9 Å². The summed E-state index contributed by atoms with van der Waals surface area (Å²) in [4.78, 5) is 47.6. The number of aromatic nitrogens is 10. The Balaban J connectivity index is 0.00000256. The van der Waals surface area contributed by atoms with E-state index in [1.807, 2.05) is 60.7 Å². The average Bonchev–Trinajstić information content (AvgIpc) is 3.73. The van der Waals surface area contributed by atoms with Gasteiger partial charge in [-0.3, -0.25) is 9.97 Å². The van der Waals surface area contributed by atoms with E-state index >= 15 is 0 Å². The predicted molar refractivity (Wildman–Crippen MR) is 150 cm³/mol. The Hall–Kier alpha value is -5.38. The number of nitrogens with zero attached hydrogens (tertiary/aromatic N) is 10. The minimum absolute atomic E-state index is 0. The smallest absolute Gasteiger partial charge is 0.357 e. The molecule has 195 valence electrons. The Morgan fingerprint density at radius 3 is 1.44 bits per heavy atom. The van der Waals surface area contributed by atoms with Gasteiger partial charge in [-0.25, -0.2) is 9.97 Å². The quantitative estimate of drug-likeness (QED) is 0.229. The molecule has 0 saturated heterocycles. The van der Waals surface area contributed by atoms with Crippen LogP contribution in [0.4, 0.5) is 0 Å². The summed E-state index contributed by atoms with van der Waals surface area (Å²) in [5.41, 5.74) is 5.33. The van der Waals surface area contributed by atoms with Gasteiger partial charge < -0.3 is 29.9 Å². The molecule has 0 amide bonds. The van der Waals surface area contributed by atoms with Crippen LogP contribution < -0.4 is 9.97 Å². The monoisotopic (exact) mass is 577 g/mol. The van der Waals surface area contributed by atoms with E-state index in [0.29, 0.717) is 45.9 Å². The van der Waals surface area contributed by atoms with Gasteiger partial charge in [-0.15, -0.1) is 0 Å². The van der Waals surface area contributed by atoms with E-state index in [0.717, 1.165) is 43.8 Å². The third-order valence-electron chi connectivity index (χ3n) is 7.12. The standard InChI is InChI=1S/C30H14N10.Cu/c1-2-6-16-15(5-1)23-33-24-17-7-3-4-8-18(17)26(35-24)37-29-22-14-32-12-10-20(22)28(39-29)40-30-21-13-31-11-9-19(21)27(38-30)36-25(16)34-23;/h1-14H;/q-2;+2. The van der Waals surface area contributed by atoms with Crippen LogP contribution in [0.2, 0.25) is 0 Å². The fraction of sp³-hybridized carbons (Fsp3) is 0. The molecule has 11 heteroatoms. The second-order valence-corrected chi connectivity index (χ2v) is 9.42. The van der Waals surface area contributed by atoms with Gasteiger partial charge in [0.25, 0.3) is 0 Å². The average molecular weight is 578 g/mol. The zero-order chi connectivity index (χ0) is 26.2. The molecular weight excluding hydrogens is 564 g/mol. The summed E-state index contributed by atoms with van der Waals surface area (Å²) >= 11 is 0. The zero-order valence-corrected chi connectivity index (χ0v) is 21.8. The maximum atomic E-state index is 4.93. The summed E-state index contributed by atoms with van der Waals surface area (Å²) in [6.07, 6.45) is 6.91. The molecule has 0 fully saturated rings. The third-order valence-corrected chi connectivity index (χ3v) is 7.12.